The van der Waals surface area contributed by atoms with Gasteiger partial charge in [0.1, 0.15) is 5.75 Å². The Morgan fingerprint density at radius 3 is 2.48 bits per heavy atom. The number of carboxylic acids is 1. The summed E-state index contributed by atoms with van der Waals surface area (Å²) in [6, 6.07) is 10.1. The van der Waals surface area contributed by atoms with Gasteiger partial charge in [-0.1, -0.05) is 18.2 Å². The van der Waals surface area contributed by atoms with Crippen LogP contribution < -0.4 is 15.4 Å². The zero-order valence-corrected chi connectivity index (χ0v) is 15.4. The molecule has 2 aromatic rings. The van der Waals surface area contributed by atoms with E-state index >= 15 is 0 Å². The van der Waals surface area contributed by atoms with Crippen molar-refractivity contribution in [2.45, 2.75) is 12.1 Å². The molecular weight excluding hydrogens is 378 g/mol. The monoisotopic (exact) mass is 395 g/mol. The number of methoxy groups -OCH3 is 1. The van der Waals surface area contributed by atoms with Gasteiger partial charge < -0.3 is 20.1 Å². The summed E-state index contributed by atoms with van der Waals surface area (Å²) >= 11 is 0. The molecule has 0 unspecified atom stereocenters. The van der Waals surface area contributed by atoms with E-state index in [-0.39, 0.29) is 24.6 Å². The minimum Gasteiger partial charge on any atom is -0.497 e. The summed E-state index contributed by atoms with van der Waals surface area (Å²) in [6.07, 6.45) is 0. The predicted molar refractivity (Wildman–Crippen MR) is 99.5 cm³/mol. The average molecular weight is 395 g/mol. The average Bonchev–Trinajstić information content (AvgIpc) is 3.17. The zero-order valence-electron chi connectivity index (χ0n) is 15.4. The Labute approximate surface area is 165 Å². The number of carbonyl (C=O) groups excluding carboxylic acids is 3. The Balaban J connectivity index is 1.69. The number of amides is 4. The van der Waals surface area contributed by atoms with E-state index < -0.39 is 23.4 Å². The highest BCUT2D eigenvalue weighted by molar-refractivity contribution is 6.08. The molecule has 4 amide bonds. The van der Waals surface area contributed by atoms with Crippen LogP contribution in [0.25, 0.3) is 0 Å². The lowest BCUT2D eigenvalue weighted by Gasteiger charge is -2.31. The van der Waals surface area contributed by atoms with Crippen LogP contribution >= 0.6 is 0 Å². The summed E-state index contributed by atoms with van der Waals surface area (Å²) in [7, 11) is 1.51. The van der Waals surface area contributed by atoms with Gasteiger partial charge in [-0.05, 0) is 35.4 Å². The third-order valence-electron chi connectivity index (χ3n) is 5.19. The number of nitrogens with zero attached hydrogens (tertiary/aromatic N) is 1. The van der Waals surface area contributed by atoms with Crippen molar-refractivity contribution in [1.82, 2.24) is 15.5 Å². The molecule has 9 nitrogen and oxygen atoms in total. The number of hydrogen-bond acceptors (Lipinski definition) is 5. The van der Waals surface area contributed by atoms with E-state index in [2.05, 4.69) is 10.6 Å². The molecule has 2 aliphatic rings. The number of imide groups is 1. The summed E-state index contributed by atoms with van der Waals surface area (Å²) in [5.41, 5.74) is 0.176. The first-order valence-electron chi connectivity index (χ1n) is 8.78. The third kappa shape index (κ3) is 2.96. The number of carboxylic acid groups (broad SMARTS) is 1. The van der Waals surface area contributed by atoms with E-state index in [1.807, 2.05) is 0 Å². The van der Waals surface area contributed by atoms with Crippen molar-refractivity contribution in [3.8, 4) is 5.75 Å². The first-order chi connectivity index (χ1) is 13.8. The number of nitrogens with one attached hydrogen (secondary N) is 2. The molecule has 0 bridgehead atoms. The van der Waals surface area contributed by atoms with Crippen molar-refractivity contribution < 1.29 is 29.0 Å². The lowest BCUT2D eigenvalue weighted by atomic mass is 9.88. The second kappa shape index (κ2) is 6.62. The van der Waals surface area contributed by atoms with Gasteiger partial charge in [-0.3, -0.25) is 14.9 Å². The zero-order chi connectivity index (χ0) is 20.8. The maximum Gasteiger partial charge on any atom is 0.335 e. The summed E-state index contributed by atoms with van der Waals surface area (Å²) in [4.78, 5) is 50.1. The number of aromatic carboxylic acids is 1. The second-order valence-electron chi connectivity index (χ2n) is 6.88. The van der Waals surface area contributed by atoms with E-state index in [1.54, 1.807) is 18.2 Å². The molecule has 9 heteroatoms. The molecule has 2 aromatic carbocycles. The third-order valence-corrected chi connectivity index (χ3v) is 5.19. The predicted octanol–water partition coefficient (Wildman–Crippen LogP) is 1.08. The van der Waals surface area contributed by atoms with E-state index in [0.717, 1.165) is 5.56 Å². The number of ether oxygens (including phenoxy) is 1. The van der Waals surface area contributed by atoms with Gasteiger partial charge in [-0.25, -0.2) is 9.59 Å². The Morgan fingerprint density at radius 1 is 1.17 bits per heavy atom. The van der Waals surface area contributed by atoms with Crippen molar-refractivity contribution in [3.05, 3.63) is 64.7 Å². The number of hydrogen-bond donors (Lipinski definition) is 3. The molecule has 0 radical (unpaired) electrons. The number of benzene rings is 2. The van der Waals surface area contributed by atoms with Crippen LogP contribution in [0.5, 0.6) is 5.75 Å². The molecule has 2 heterocycles. The Morgan fingerprint density at radius 2 is 1.90 bits per heavy atom. The molecule has 1 saturated heterocycles. The molecule has 0 aromatic heterocycles. The molecule has 2 aliphatic heterocycles. The van der Waals surface area contributed by atoms with Crippen LogP contribution in [-0.4, -0.2) is 47.5 Å². The summed E-state index contributed by atoms with van der Waals surface area (Å²) in [5, 5.41) is 13.9. The molecule has 4 rings (SSSR count). The fraction of sp³-hybridized carbons (Fsp3) is 0.200. The van der Waals surface area contributed by atoms with Gasteiger partial charge >= 0.3 is 12.0 Å². The maximum atomic E-state index is 12.9. The Hall–Kier alpha value is -3.88. The van der Waals surface area contributed by atoms with Crippen LogP contribution in [0.1, 0.15) is 31.8 Å². The Kier molecular flexibility index (Phi) is 4.22. The first-order valence-corrected chi connectivity index (χ1v) is 8.78. The highest BCUT2D eigenvalue weighted by Gasteiger charge is 2.50. The summed E-state index contributed by atoms with van der Waals surface area (Å²) in [5.74, 6) is -1.45. The molecule has 0 spiro atoms. The van der Waals surface area contributed by atoms with Crippen molar-refractivity contribution in [2.75, 3.05) is 13.7 Å². The fourth-order valence-electron chi connectivity index (χ4n) is 3.68. The first kappa shape index (κ1) is 18.5. The number of fused-ring (bicyclic) bond motifs is 1. The SMILES string of the molecule is COc1ccc2c(c1)C(=O)N(C[C@@]1(c3ccc(C(=O)O)cc3)NC(=O)NC1=O)C2. The van der Waals surface area contributed by atoms with Gasteiger partial charge in [0.25, 0.3) is 11.8 Å². The van der Waals surface area contributed by atoms with E-state index in [9.17, 15) is 19.2 Å². The van der Waals surface area contributed by atoms with E-state index in [1.165, 1.54) is 36.3 Å². The second-order valence-corrected chi connectivity index (χ2v) is 6.88. The fourth-order valence-corrected chi connectivity index (χ4v) is 3.68. The van der Waals surface area contributed by atoms with Gasteiger partial charge in [-0.2, -0.15) is 0 Å². The number of urea groups is 1. The van der Waals surface area contributed by atoms with Gasteiger partial charge in [-0.15, -0.1) is 0 Å². The standard InChI is InChI=1S/C20H17N3O6/c1-29-14-7-4-12-9-23(16(24)15(12)8-14)10-20(18(27)21-19(28)22-20)13-5-2-11(3-6-13)17(25)26/h2-8H,9-10H2,1H3,(H,25,26)(H2,21,22,27,28)/t20-/m0/s1. The van der Waals surface area contributed by atoms with Crippen LogP contribution in [0.3, 0.4) is 0 Å². The quantitative estimate of drug-likeness (QED) is 0.651. The van der Waals surface area contributed by atoms with Crippen LogP contribution in [0.15, 0.2) is 42.5 Å². The minimum atomic E-state index is -1.52. The molecule has 29 heavy (non-hydrogen) atoms. The normalized spacial score (nSPS) is 20.3. The van der Waals surface area contributed by atoms with Crippen molar-refractivity contribution in [3.63, 3.8) is 0 Å². The highest BCUT2D eigenvalue weighted by atomic mass is 16.5. The van der Waals surface area contributed by atoms with Crippen LogP contribution in [0.4, 0.5) is 4.79 Å². The number of carbonyl (C=O) groups is 4. The summed E-state index contributed by atoms with van der Waals surface area (Å²) < 4.78 is 5.17. The van der Waals surface area contributed by atoms with E-state index in [4.69, 9.17) is 9.84 Å². The van der Waals surface area contributed by atoms with Crippen LogP contribution in [-0.2, 0) is 16.9 Å². The molecule has 0 aliphatic carbocycles. The lowest BCUT2D eigenvalue weighted by Crippen LogP contribution is -2.52. The van der Waals surface area contributed by atoms with Gasteiger partial charge in [0, 0.05) is 12.1 Å². The highest BCUT2D eigenvalue weighted by Crippen LogP contribution is 2.32. The molecule has 1 atom stereocenters. The molecule has 148 valence electrons. The topological polar surface area (TPSA) is 125 Å². The number of rotatable bonds is 5. The van der Waals surface area contributed by atoms with E-state index in [0.29, 0.717) is 16.9 Å². The van der Waals surface area contributed by atoms with Crippen molar-refractivity contribution >= 4 is 23.8 Å². The summed E-state index contributed by atoms with van der Waals surface area (Å²) in [6.45, 7) is 0.170. The Bertz CT molecular complexity index is 1050. The van der Waals surface area contributed by atoms with Crippen molar-refractivity contribution in [1.29, 1.82) is 0 Å². The van der Waals surface area contributed by atoms with Crippen LogP contribution in [0.2, 0.25) is 0 Å². The minimum absolute atomic E-state index is 0.0466. The molecule has 1 fully saturated rings. The van der Waals surface area contributed by atoms with Gasteiger partial charge in [0.15, 0.2) is 5.54 Å². The van der Waals surface area contributed by atoms with Crippen molar-refractivity contribution in [2.24, 2.45) is 0 Å². The smallest absolute Gasteiger partial charge is 0.335 e. The van der Waals surface area contributed by atoms with Gasteiger partial charge in [0.05, 0.1) is 19.2 Å². The largest absolute Gasteiger partial charge is 0.497 e. The lowest BCUT2D eigenvalue weighted by molar-refractivity contribution is -0.124. The maximum absolute atomic E-state index is 12.9. The molecule has 3 N–H and O–H groups in total. The van der Waals surface area contributed by atoms with Crippen LogP contribution in [0, 0.1) is 0 Å². The molecular formula is C20H17N3O6. The van der Waals surface area contributed by atoms with Gasteiger partial charge in [0.2, 0.25) is 0 Å². The molecule has 0 saturated carbocycles.